The zero-order valence-corrected chi connectivity index (χ0v) is 5.45. The Labute approximate surface area is 52.2 Å². The van der Waals surface area contributed by atoms with E-state index in [4.69, 9.17) is 10.2 Å². The van der Waals surface area contributed by atoms with E-state index in [-0.39, 0.29) is 0 Å². The quantitative estimate of drug-likeness (QED) is 0.530. The first kappa shape index (κ1) is 8.78. The molecule has 0 fully saturated rings. The maximum absolute atomic E-state index is 9.72. The number of hydrogen-bond acceptors (Lipinski definition) is 5. The molecule has 54 valence electrons. The third-order valence-electron chi connectivity index (χ3n) is 0.642. The van der Waals surface area contributed by atoms with E-state index in [0.717, 1.165) is 0 Å². The van der Waals surface area contributed by atoms with Gasteiger partial charge in [0.2, 0.25) is 0 Å². The van der Waals surface area contributed by atoms with Crippen molar-refractivity contribution in [2.45, 2.75) is 6.10 Å². The molecule has 0 aliphatic rings. The van der Waals surface area contributed by atoms with Crippen molar-refractivity contribution in [3.8, 4) is 0 Å². The van der Waals surface area contributed by atoms with Gasteiger partial charge in [-0.25, -0.2) is 9.13 Å². The second kappa shape index (κ2) is 4.64. The molecule has 6 heteroatoms. The van der Waals surface area contributed by atoms with Crippen LogP contribution >= 0.6 is 7.91 Å². The van der Waals surface area contributed by atoms with E-state index in [1.165, 1.54) is 0 Å². The lowest BCUT2D eigenvalue weighted by Gasteiger charge is -2.03. The van der Waals surface area contributed by atoms with Gasteiger partial charge in [0.25, 0.3) is 0 Å². The summed E-state index contributed by atoms with van der Waals surface area (Å²) in [6.45, 7) is -1.00. The van der Waals surface area contributed by atoms with E-state index in [0.29, 0.717) is 0 Å². The molecule has 0 aromatic heterocycles. The molecule has 0 rings (SSSR count). The van der Waals surface area contributed by atoms with Crippen LogP contribution in [0.25, 0.3) is 0 Å². The van der Waals surface area contributed by atoms with E-state index in [9.17, 15) is 9.13 Å². The third-order valence-corrected chi connectivity index (χ3v) is 1.11. The molecule has 0 unspecified atom stereocenters. The van der Waals surface area contributed by atoms with Gasteiger partial charge in [0.05, 0.1) is 13.2 Å². The molecule has 0 aromatic rings. The average molecular weight is 154 g/mol. The highest BCUT2D eigenvalue weighted by molar-refractivity contribution is 7.24. The van der Waals surface area contributed by atoms with E-state index in [2.05, 4.69) is 4.52 Å². The van der Waals surface area contributed by atoms with Gasteiger partial charge in [-0.2, -0.15) is 0 Å². The molecule has 0 bridgehead atoms. The summed E-state index contributed by atoms with van der Waals surface area (Å²) in [5, 5.41) is 16.4. The fraction of sp³-hybridized carbons (Fsp3) is 1.00. The van der Waals surface area contributed by atoms with Crippen LogP contribution in [0.1, 0.15) is 0 Å². The summed E-state index contributed by atoms with van der Waals surface area (Å²) in [6, 6.07) is 0. The number of aliphatic hydroxyl groups excluding tert-OH is 2. The molecular formula is C3H7O5P. The maximum atomic E-state index is 9.72. The Balaban J connectivity index is 3.55. The Morgan fingerprint density at radius 3 is 1.89 bits per heavy atom. The minimum Gasteiger partial charge on any atom is -0.394 e. The lowest BCUT2D eigenvalue weighted by Crippen LogP contribution is -2.17. The molecule has 0 heterocycles. The monoisotopic (exact) mass is 154 g/mol. The summed E-state index contributed by atoms with van der Waals surface area (Å²) >= 11 is 0. The van der Waals surface area contributed by atoms with Crippen molar-refractivity contribution >= 4 is 7.91 Å². The van der Waals surface area contributed by atoms with Crippen molar-refractivity contribution in [1.82, 2.24) is 0 Å². The Morgan fingerprint density at radius 1 is 1.33 bits per heavy atom. The van der Waals surface area contributed by atoms with Gasteiger partial charge in [-0.1, -0.05) is 0 Å². The molecule has 0 atom stereocenters. The first-order valence-corrected chi connectivity index (χ1v) is 3.33. The lowest BCUT2D eigenvalue weighted by atomic mass is 10.4. The molecule has 0 aliphatic carbocycles. The minimum absolute atomic E-state index is 0.500. The van der Waals surface area contributed by atoms with E-state index in [1.54, 1.807) is 0 Å². The van der Waals surface area contributed by atoms with E-state index in [1.807, 2.05) is 0 Å². The fourth-order valence-corrected chi connectivity index (χ4v) is 0.623. The van der Waals surface area contributed by atoms with Crippen LogP contribution in [0, 0.1) is 0 Å². The second-order valence-corrected chi connectivity index (χ2v) is 1.97. The zero-order valence-electron chi connectivity index (χ0n) is 4.56. The predicted octanol–water partition coefficient (Wildman–Crippen LogP) is -0.556. The van der Waals surface area contributed by atoms with Crippen molar-refractivity contribution in [3.63, 3.8) is 0 Å². The van der Waals surface area contributed by atoms with Gasteiger partial charge in [0, 0.05) is 0 Å². The fourth-order valence-electron chi connectivity index (χ4n) is 0.246. The van der Waals surface area contributed by atoms with Crippen LogP contribution < -0.4 is 0 Å². The van der Waals surface area contributed by atoms with Crippen molar-refractivity contribution in [1.29, 1.82) is 0 Å². The molecular weight excluding hydrogens is 147 g/mol. The number of rotatable bonds is 4. The molecule has 0 radical (unpaired) electrons. The molecule has 9 heavy (non-hydrogen) atoms. The number of hydrogen-bond donors (Lipinski definition) is 2. The molecule has 0 saturated carbocycles. The smallest absolute Gasteiger partial charge is 0.394 e. The van der Waals surface area contributed by atoms with Gasteiger partial charge in [-0.15, -0.1) is 0 Å². The van der Waals surface area contributed by atoms with Crippen LogP contribution in [0.4, 0.5) is 0 Å². The molecule has 0 aliphatic heterocycles. The predicted molar refractivity (Wildman–Crippen MR) is 27.3 cm³/mol. The number of aliphatic hydroxyl groups is 2. The van der Waals surface area contributed by atoms with Gasteiger partial charge in [-0.3, -0.25) is 4.52 Å². The SMILES string of the molecule is O=P(=O)OC(CO)CO. The first-order valence-electron chi connectivity index (χ1n) is 2.23. The van der Waals surface area contributed by atoms with Crippen LogP contribution in [-0.2, 0) is 13.7 Å². The van der Waals surface area contributed by atoms with Crippen LogP contribution in [0.3, 0.4) is 0 Å². The van der Waals surface area contributed by atoms with Crippen molar-refractivity contribution in [3.05, 3.63) is 0 Å². The highest BCUT2D eigenvalue weighted by Gasteiger charge is 2.07. The van der Waals surface area contributed by atoms with Crippen LogP contribution in [0.2, 0.25) is 0 Å². The molecule has 0 aromatic carbocycles. The van der Waals surface area contributed by atoms with Crippen molar-refractivity contribution in [2.75, 3.05) is 13.2 Å². The van der Waals surface area contributed by atoms with Crippen molar-refractivity contribution in [2.24, 2.45) is 0 Å². The van der Waals surface area contributed by atoms with Gasteiger partial charge in [0.15, 0.2) is 0 Å². The Morgan fingerprint density at radius 2 is 1.78 bits per heavy atom. The minimum atomic E-state index is -2.97. The average Bonchev–Trinajstić information content (AvgIpc) is 1.82. The second-order valence-electron chi connectivity index (χ2n) is 1.32. The first-order chi connectivity index (χ1) is 4.20. The summed E-state index contributed by atoms with van der Waals surface area (Å²) in [5.74, 6) is 0. The summed E-state index contributed by atoms with van der Waals surface area (Å²) in [4.78, 5) is 0. The molecule has 0 spiro atoms. The summed E-state index contributed by atoms with van der Waals surface area (Å²) < 4.78 is 23.4. The third kappa shape index (κ3) is 4.29. The van der Waals surface area contributed by atoms with Gasteiger partial charge in [0.1, 0.15) is 6.10 Å². The summed E-state index contributed by atoms with van der Waals surface area (Å²) in [7, 11) is -2.97. The molecule has 0 amide bonds. The summed E-state index contributed by atoms with van der Waals surface area (Å²) in [6.07, 6.45) is -1.01. The molecule has 5 nitrogen and oxygen atoms in total. The van der Waals surface area contributed by atoms with Crippen molar-refractivity contribution < 1.29 is 23.9 Å². The lowest BCUT2D eigenvalue weighted by molar-refractivity contribution is 0.0657. The van der Waals surface area contributed by atoms with Gasteiger partial charge in [-0.05, 0) is 0 Å². The standard InChI is InChI=1S/C3H7O5P/c4-1-3(2-5)8-9(6)7/h3-5H,1-2H2. The maximum Gasteiger partial charge on any atom is 0.468 e. The molecule has 0 saturated heterocycles. The Bertz CT molecular complexity index is 118. The molecule has 2 N–H and O–H groups in total. The van der Waals surface area contributed by atoms with E-state index < -0.39 is 27.2 Å². The normalized spacial score (nSPS) is 10.1. The van der Waals surface area contributed by atoms with Gasteiger partial charge >= 0.3 is 7.91 Å². The van der Waals surface area contributed by atoms with Gasteiger partial charge < -0.3 is 10.2 Å². The highest BCUT2D eigenvalue weighted by atomic mass is 31.1. The topological polar surface area (TPSA) is 83.8 Å². The van der Waals surface area contributed by atoms with Crippen LogP contribution in [0.5, 0.6) is 0 Å². The van der Waals surface area contributed by atoms with E-state index >= 15 is 0 Å². The van der Waals surface area contributed by atoms with Crippen LogP contribution in [-0.4, -0.2) is 29.5 Å². The largest absolute Gasteiger partial charge is 0.468 e. The Kier molecular flexibility index (Phi) is 4.53. The Hall–Kier alpha value is -0.220. The summed E-state index contributed by atoms with van der Waals surface area (Å²) in [5.41, 5.74) is 0. The van der Waals surface area contributed by atoms with Crippen LogP contribution in [0.15, 0.2) is 0 Å². The zero-order chi connectivity index (χ0) is 7.28. The highest BCUT2D eigenvalue weighted by Crippen LogP contribution is 2.08.